The first-order valence-electron chi connectivity index (χ1n) is 6.43. The zero-order chi connectivity index (χ0) is 14.4. The van der Waals surface area contributed by atoms with Gasteiger partial charge in [-0.15, -0.1) is 0 Å². The third kappa shape index (κ3) is 1.76. The number of hydrogen-bond acceptors (Lipinski definition) is 6. The van der Waals surface area contributed by atoms with Gasteiger partial charge in [0.1, 0.15) is 0 Å². The lowest BCUT2D eigenvalue weighted by Gasteiger charge is -2.03. The van der Waals surface area contributed by atoms with E-state index in [1.165, 1.54) is 0 Å². The molecule has 1 aliphatic heterocycles. The Kier molecular flexibility index (Phi) is 2.44. The van der Waals surface area contributed by atoms with Crippen LogP contribution in [0.25, 0.3) is 22.6 Å². The van der Waals surface area contributed by atoms with Crippen molar-refractivity contribution in [2.45, 2.75) is 6.92 Å². The van der Waals surface area contributed by atoms with E-state index in [2.05, 4.69) is 5.16 Å². The Balaban J connectivity index is 1.89. The minimum absolute atomic E-state index is 0.224. The van der Waals surface area contributed by atoms with Gasteiger partial charge in [0.25, 0.3) is 0 Å². The molecule has 0 saturated carbocycles. The van der Waals surface area contributed by atoms with E-state index >= 15 is 0 Å². The second-order valence-corrected chi connectivity index (χ2v) is 4.77. The fraction of sp³-hybridized carbons (Fsp3) is 0.133. The molecule has 21 heavy (non-hydrogen) atoms. The van der Waals surface area contributed by atoms with Crippen molar-refractivity contribution >= 4 is 5.82 Å². The molecule has 0 atom stereocenters. The normalized spacial score (nSPS) is 12.8. The van der Waals surface area contributed by atoms with E-state index in [1.807, 2.05) is 31.2 Å². The van der Waals surface area contributed by atoms with Crippen LogP contribution in [0.4, 0.5) is 5.82 Å². The number of anilines is 1. The van der Waals surface area contributed by atoms with E-state index in [0.717, 1.165) is 11.1 Å². The molecule has 0 amide bonds. The molecule has 1 aromatic carbocycles. The quantitative estimate of drug-likeness (QED) is 0.777. The first-order valence-corrected chi connectivity index (χ1v) is 6.43. The highest BCUT2D eigenvalue weighted by molar-refractivity contribution is 5.86. The number of hydrogen-bond donors (Lipinski definition) is 1. The zero-order valence-electron chi connectivity index (χ0n) is 11.3. The second kappa shape index (κ2) is 4.31. The minimum Gasteiger partial charge on any atom is -0.461 e. The molecule has 0 bridgehead atoms. The molecule has 1 aliphatic rings. The van der Waals surface area contributed by atoms with Crippen LogP contribution in [0, 0.1) is 6.92 Å². The number of ether oxygens (including phenoxy) is 2. The Hall–Kier alpha value is -2.89. The number of nitrogen functional groups attached to an aromatic ring is 1. The molecule has 0 saturated heterocycles. The van der Waals surface area contributed by atoms with E-state index in [4.69, 9.17) is 24.1 Å². The maximum Gasteiger partial charge on any atom is 0.231 e. The third-order valence-electron chi connectivity index (χ3n) is 3.45. The number of aromatic nitrogens is 1. The van der Waals surface area contributed by atoms with Crippen molar-refractivity contribution in [1.29, 1.82) is 0 Å². The largest absolute Gasteiger partial charge is 0.461 e. The first-order chi connectivity index (χ1) is 10.2. The summed E-state index contributed by atoms with van der Waals surface area (Å²) in [5, 5.41) is 3.85. The number of furan rings is 1. The Morgan fingerprint density at radius 3 is 2.76 bits per heavy atom. The standard InChI is InChI=1S/C15H12N2O4/c1-8-4-5-18-13(8)14-12(15(16)17-21-14)9-2-3-10-11(6-9)20-7-19-10/h2-6H,7H2,1H3,(H2,16,17). The van der Waals surface area contributed by atoms with Gasteiger partial charge in [0, 0.05) is 0 Å². The summed E-state index contributed by atoms with van der Waals surface area (Å²) in [5.74, 6) is 2.82. The molecular weight excluding hydrogens is 272 g/mol. The second-order valence-electron chi connectivity index (χ2n) is 4.77. The maximum atomic E-state index is 5.96. The highest BCUT2D eigenvalue weighted by atomic mass is 16.7. The molecule has 3 aromatic rings. The van der Waals surface area contributed by atoms with Crippen molar-refractivity contribution in [1.82, 2.24) is 5.16 Å². The molecule has 4 rings (SSSR count). The van der Waals surface area contributed by atoms with Crippen molar-refractivity contribution in [3.63, 3.8) is 0 Å². The Morgan fingerprint density at radius 1 is 1.10 bits per heavy atom. The summed E-state index contributed by atoms with van der Waals surface area (Å²) in [7, 11) is 0. The van der Waals surface area contributed by atoms with Crippen LogP contribution in [0.5, 0.6) is 11.5 Å². The summed E-state index contributed by atoms with van der Waals surface area (Å²) in [5.41, 5.74) is 8.43. The molecule has 2 N–H and O–H groups in total. The number of aryl methyl sites for hydroxylation is 1. The number of nitrogens with two attached hydrogens (primary N) is 1. The van der Waals surface area contributed by atoms with Crippen LogP contribution < -0.4 is 15.2 Å². The molecule has 0 unspecified atom stereocenters. The molecule has 6 nitrogen and oxygen atoms in total. The number of rotatable bonds is 2. The number of benzene rings is 1. The predicted molar refractivity (Wildman–Crippen MR) is 74.9 cm³/mol. The van der Waals surface area contributed by atoms with Crippen molar-refractivity contribution in [2.24, 2.45) is 0 Å². The molecule has 0 aliphatic carbocycles. The first kappa shape index (κ1) is 11.9. The Bertz CT molecular complexity index is 819. The van der Waals surface area contributed by atoms with Gasteiger partial charge in [0.2, 0.25) is 12.6 Å². The van der Waals surface area contributed by atoms with Gasteiger partial charge in [-0.25, -0.2) is 0 Å². The lowest BCUT2D eigenvalue weighted by Crippen LogP contribution is -1.93. The minimum atomic E-state index is 0.224. The van der Waals surface area contributed by atoms with E-state index in [9.17, 15) is 0 Å². The van der Waals surface area contributed by atoms with Gasteiger partial charge in [-0.1, -0.05) is 11.2 Å². The SMILES string of the molecule is Cc1ccoc1-c1onc(N)c1-c1ccc2c(c1)OCO2. The summed E-state index contributed by atoms with van der Waals surface area (Å²) in [6, 6.07) is 7.44. The van der Waals surface area contributed by atoms with E-state index in [0.29, 0.717) is 34.4 Å². The maximum absolute atomic E-state index is 5.96. The van der Waals surface area contributed by atoms with Crippen LogP contribution in [-0.2, 0) is 0 Å². The molecule has 3 heterocycles. The van der Waals surface area contributed by atoms with Gasteiger partial charge >= 0.3 is 0 Å². The number of fused-ring (bicyclic) bond motifs is 1. The van der Waals surface area contributed by atoms with Crippen LogP contribution in [0.2, 0.25) is 0 Å². The predicted octanol–water partition coefficient (Wildman–Crippen LogP) is 3.22. The zero-order valence-corrected chi connectivity index (χ0v) is 11.3. The van der Waals surface area contributed by atoms with E-state index in [-0.39, 0.29) is 6.79 Å². The van der Waals surface area contributed by atoms with Gasteiger partial charge in [-0.05, 0) is 36.2 Å². The lowest BCUT2D eigenvalue weighted by molar-refractivity contribution is 0.174. The van der Waals surface area contributed by atoms with Crippen LogP contribution in [-0.4, -0.2) is 11.9 Å². The van der Waals surface area contributed by atoms with Gasteiger partial charge in [0.15, 0.2) is 23.1 Å². The number of nitrogens with zero attached hydrogens (tertiary/aromatic N) is 1. The Morgan fingerprint density at radius 2 is 1.95 bits per heavy atom. The summed E-state index contributed by atoms with van der Waals surface area (Å²) >= 11 is 0. The summed E-state index contributed by atoms with van der Waals surface area (Å²) < 4.78 is 21.5. The molecule has 0 fully saturated rings. The molecule has 106 valence electrons. The topological polar surface area (TPSA) is 83.7 Å². The van der Waals surface area contributed by atoms with Crippen LogP contribution in [0.3, 0.4) is 0 Å². The fourth-order valence-corrected chi connectivity index (χ4v) is 2.39. The smallest absolute Gasteiger partial charge is 0.231 e. The molecule has 2 aromatic heterocycles. The van der Waals surface area contributed by atoms with Gasteiger partial charge < -0.3 is 24.1 Å². The van der Waals surface area contributed by atoms with Crippen molar-refractivity contribution < 1.29 is 18.4 Å². The fourth-order valence-electron chi connectivity index (χ4n) is 2.39. The summed E-state index contributed by atoms with van der Waals surface area (Å²) in [6.07, 6.45) is 1.60. The molecule has 0 radical (unpaired) electrons. The van der Waals surface area contributed by atoms with E-state index in [1.54, 1.807) is 6.26 Å². The van der Waals surface area contributed by atoms with Gasteiger partial charge in [0.05, 0.1) is 11.8 Å². The molecule has 6 heteroatoms. The van der Waals surface area contributed by atoms with Crippen LogP contribution in [0.1, 0.15) is 5.56 Å². The van der Waals surface area contributed by atoms with Crippen molar-refractivity contribution in [3.05, 3.63) is 36.1 Å². The lowest BCUT2D eigenvalue weighted by atomic mass is 10.0. The Labute approximate surface area is 120 Å². The van der Waals surface area contributed by atoms with Crippen molar-refractivity contribution in [3.8, 4) is 34.1 Å². The molecule has 0 spiro atoms. The van der Waals surface area contributed by atoms with Crippen LogP contribution >= 0.6 is 0 Å². The van der Waals surface area contributed by atoms with Crippen LogP contribution in [0.15, 0.2) is 39.5 Å². The van der Waals surface area contributed by atoms with E-state index < -0.39 is 0 Å². The third-order valence-corrected chi connectivity index (χ3v) is 3.45. The highest BCUT2D eigenvalue weighted by Crippen LogP contribution is 2.42. The summed E-state index contributed by atoms with van der Waals surface area (Å²) in [6.45, 7) is 2.16. The molecular formula is C15H12N2O4. The van der Waals surface area contributed by atoms with Gasteiger partial charge in [-0.2, -0.15) is 0 Å². The monoisotopic (exact) mass is 284 g/mol. The summed E-state index contributed by atoms with van der Waals surface area (Å²) in [4.78, 5) is 0. The highest BCUT2D eigenvalue weighted by Gasteiger charge is 2.23. The van der Waals surface area contributed by atoms with Gasteiger partial charge in [-0.3, -0.25) is 0 Å². The van der Waals surface area contributed by atoms with Crippen molar-refractivity contribution in [2.75, 3.05) is 12.5 Å². The average molecular weight is 284 g/mol. The average Bonchev–Trinajstić information content (AvgIpc) is 3.17.